The zero-order valence-electron chi connectivity index (χ0n) is 16.0. The normalized spacial score (nSPS) is 17.1. The number of carboxylic acid groups (broad SMARTS) is 1. The van der Waals surface area contributed by atoms with Crippen molar-refractivity contribution in [2.75, 3.05) is 26.2 Å². The summed E-state index contributed by atoms with van der Waals surface area (Å²) in [6, 6.07) is 7.52. The molecule has 0 aliphatic carbocycles. The van der Waals surface area contributed by atoms with Crippen LogP contribution in [-0.2, 0) is 20.8 Å². The van der Waals surface area contributed by atoms with E-state index in [4.69, 9.17) is 9.84 Å². The Kier molecular flexibility index (Phi) is 7.64. The molecule has 1 N–H and O–H groups in total. The van der Waals surface area contributed by atoms with Crippen molar-refractivity contribution < 1.29 is 24.2 Å². The van der Waals surface area contributed by atoms with Crippen LogP contribution in [0.15, 0.2) is 24.3 Å². The van der Waals surface area contributed by atoms with Crippen LogP contribution >= 0.6 is 0 Å². The quantitative estimate of drug-likeness (QED) is 0.786. The van der Waals surface area contributed by atoms with Gasteiger partial charge in [0.2, 0.25) is 5.91 Å². The molecule has 1 aromatic rings. The zero-order chi connectivity index (χ0) is 19.8. The summed E-state index contributed by atoms with van der Waals surface area (Å²) in [7, 11) is 0. The number of likely N-dealkylation sites (tertiary alicyclic amines) is 1. The van der Waals surface area contributed by atoms with E-state index in [1.165, 1.54) is 11.8 Å². The predicted molar refractivity (Wildman–Crippen MR) is 101 cm³/mol. The van der Waals surface area contributed by atoms with Crippen LogP contribution < -0.4 is 4.74 Å². The lowest BCUT2D eigenvalue weighted by molar-refractivity contribution is -0.145. The molecule has 0 bridgehead atoms. The van der Waals surface area contributed by atoms with Crippen molar-refractivity contribution in [2.45, 2.75) is 45.6 Å². The third-order valence-corrected chi connectivity index (χ3v) is 4.91. The van der Waals surface area contributed by atoms with Crippen molar-refractivity contribution in [2.24, 2.45) is 0 Å². The Morgan fingerprint density at radius 2 is 1.96 bits per heavy atom. The second kappa shape index (κ2) is 9.94. The van der Waals surface area contributed by atoms with Crippen molar-refractivity contribution in [3.05, 3.63) is 29.8 Å². The van der Waals surface area contributed by atoms with Gasteiger partial charge in [-0.1, -0.05) is 25.1 Å². The topological polar surface area (TPSA) is 87.2 Å². The third kappa shape index (κ3) is 5.98. The number of rotatable bonds is 7. The average molecular weight is 376 g/mol. The Bertz CT molecular complexity index is 676. The fourth-order valence-electron chi connectivity index (χ4n) is 3.45. The number of nitrogens with zero attached hydrogens (tertiary/aromatic N) is 2. The predicted octanol–water partition coefficient (Wildman–Crippen LogP) is 1.94. The Hall–Kier alpha value is -2.57. The summed E-state index contributed by atoms with van der Waals surface area (Å²) < 4.78 is 5.72. The number of hydrogen-bond acceptors (Lipinski definition) is 4. The van der Waals surface area contributed by atoms with Crippen LogP contribution in [0.5, 0.6) is 5.75 Å². The minimum absolute atomic E-state index is 0.0206. The number of benzene rings is 1. The number of aryl methyl sites for hydroxylation is 1. The van der Waals surface area contributed by atoms with Gasteiger partial charge in [0.25, 0.3) is 5.91 Å². The highest BCUT2D eigenvalue weighted by atomic mass is 16.5. The summed E-state index contributed by atoms with van der Waals surface area (Å²) in [5.41, 5.74) is 1.06. The van der Waals surface area contributed by atoms with E-state index in [2.05, 4.69) is 0 Å². The number of carboxylic acids is 1. The minimum atomic E-state index is -1.02. The van der Waals surface area contributed by atoms with Crippen LogP contribution in [0.4, 0.5) is 0 Å². The van der Waals surface area contributed by atoms with Gasteiger partial charge in [-0.3, -0.25) is 14.4 Å². The van der Waals surface area contributed by atoms with E-state index < -0.39 is 5.97 Å². The Morgan fingerprint density at radius 1 is 1.22 bits per heavy atom. The molecule has 1 atom stereocenters. The van der Waals surface area contributed by atoms with Gasteiger partial charge in [-0.25, -0.2) is 0 Å². The van der Waals surface area contributed by atoms with E-state index in [1.54, 1.807) is 4.90 Å². The number of carbonyl (C=O) groups is 3. The van der Waals surface area contributed by atoms with Gasteiger partial charge in [-0.2, -0.15) is 0 Å². The van der Waals surface area contributed by atoms with Gasteiger partial charge in [-0.15, -0.1) is 0 Å². The lowest BCUT2D eigenvalue weighted by Crippen LogP contribution is -2.43. The van der Waals surface area contributed by atoms with Gasteiger partial charge < -0.3 is 19.6 Å². The number of ether oxygens (including phenoxy) is 1. The van der Waals surface area contributed by atoms with E-state index >= 15 is 0 Å². The summed E-state index contributed by atoms with van der Waals surface area (Å²) in [6.07, 6.45) is 2.83. The van der Waals surface area contributed by atoms with Crippen molar-refractivity contribution in [1.29, 1.82) is 0 Å². The molecule has 1 heterocycles. The summed E-state index contributed by atoms with van der Waals surface area (Å²) in [4.78, 5) is 38.5. The molecule has 0 saturated carbocycles. The van der Waals surface area contributed by atoms with Crippen molar-refractivity contribution >= 4 is 17.8 Å². The summed E-state index contributed by atoms with van der Waals surface area (Å²) in [5, 5.41) is 9.02. The molecule has 1 saturated heterocycles. The molecule has 27 heavy (non-hydrogen) atoms. The molecule has 1 aliphatic rings. The first kappa shape index (κ1) is 20.7. The second-order valence-corrected chi connectivity index (χ2v) is 6.76. The minimum Gasteiger partial charge on any atom is -0.483 e. The van der Waals surface area contributed by atoms with Gasteiger partial charge in [0.15, 0.2) is 6.61 Å². The summed E-state index contributed by atoms with van der Waals surface area (Å²) >= 11 is 0. The first-order valence-corrected chi connectivity index (χ1v) is 9.39. The second-order valence-electron chi connectivity index (χ2n) is 6.76. The third-order valence-electron chi connectivity index (χ3n) is 4.91. The van der Waals surface area contributed by atoms with Gasteiger partial charge in [0, 0.05) is 26.1 Å². The largest absolute Gasteiger partial charge is 0.483 e. The number of para-hydroxylation sites is 1. The summed E-state index contributed by atoms with van der Waals surface area (Å²) in [6.45, 7) is 4.18. The fraction of sp³-hybridized carbons (Fsp3) is 0.550. The van der Waals surface area contributed by atoms with Crippen LogP contribution in [0.25, 0.3) is 0 Å². The van der Waals surface area contributed by atoms with E-state index in [1.807, 2.05) is 31.2 Å². The molecular weight excluding hydrogens is 348 g/mol. The van der Waals surface area contributed by atoms with Gasteiger partial charge in [-0.05, 0) is 37.3 Å². The smallest absolute Gasteiger partial charge is 0.323 e. The van der Waals surface area contributed by atoms with Crippen molar-refractivity contribution in [1.82, 2.24) is 9.80 Å². The monoisotopic (exact) mass is 376 g/mol. The van der Waals surface area contributed by atoms with Crippen molar-refractivity contribution in [3.8, 4) is 5.75 Å². The van der Waals surface area contributed by atoms with Crippen LogP contribution in [0.1, 0.15) is 38.7 Å². The molecule has 1 aliphatic heterocycles. The first-order chi connectivity index (χ1) is 12.9. The van der Waals surface area contributed by atoms with Crippen LogP contribution in [0.3, 0.4) is 0 Å². The number of amides is 2. The number of aliphatic carboxylic acids is 1. The lowest BCUT2D eigenvalue weighted by atomic mass is 10.1. The molecule has 0 aromatic heterocycles. The maximum atomic E-state index is 12.5. The molecule has 0 spiro atoms. The molecule has 7 heteroatoms. The number of carbonyl (C=O) groups excluding carboxylic acids is 2. The SMILES string of the molecule is CCc1ccccc1OCC(=O)N1CCCC(N(CC(=O)O)C(C)=O)CC1. The van der Waals surface area contributed by atoms with Gasteiger partial charge >= 0.3 is 5.97 Å². The Morgan fingerprint density at radius 3 is 2.63 bits per heavy atom. The van der Waals surface area contributed by atoms with Crippen molar-refractivity contribution in [3.63, 3.8) is 0 Å². The molecule has 7 nitrogen and oxygen atoms in total. The van der Waals surface area contributed by atoms with E-state index in [0.29, 0.717) is 25.9 Å². The Balaban J connectivity index is 1.91. The lowest BCUT2D eigenvalue weighted by Gasteiger charge is -2.28. The standard InChI is InChI=1S/C20H28N2O5/c1-3-16-7-4-5-9-18(16)27-14-19(24)21-11-6-8-17(10-12-21)22(15(2)23)13-20(25)26/h4-5,7,9,17H,3,6,8,10-14H2,1-2H3,(H,25,26). The van der Waals surface area contributed by atoms with Crippen LogP contribution in [0.2, 0.25) is 0 Å². The molecule has 2 amide bonds. The molecule has 2 rings (SSSR count). The molecule has 1 aromatic carbocycles. The fourth-order valence-corrected chi connectivity index (χ4v) is 3.45. The highest BCUT2D eigenvalue weighted by Gasteiger charge is 2.27. The highest BCUT2D eigenvalue weighted by molar-refractivity contribution is 5.80. The van der Waals surface area contributed by atoms with Gasteiger partial charge in [0.05, 0.1) is 0 Å². The van der Waals surface area contributed by atoms with E-state index in [-0.39, 0.29) is 31.0 Å². The zero-order valence-corrected chi connectivity index (χ0v) is 16.0. The first-order valence-electron chi connectivity index (χ1n) is 9.39. The molecule has 1 unspecified atom stereocenters. The Labute approximate surface area is 159 Å². The van der Waals surface area contributed by atoms with Gasteiger partial charge in [0.1, 0.15) is 12.3 Å². The van der Waals surface area contributed by atoms with E-state index in [0.717, 1.165) is 24.2 Å². The molecule has 0 radical (unpaired) electrons. The maximum Gasteiger partial charge on any atom is 0.323 e. The molecular formula is C20H28N2O5. The summed E-state index contributed by atoms with van der Waals surface area (Å²) in [5.74, 6) is -0.633. The van der Waals surface area contributed by atoms with E-state index in [9.17, 15) is 14.4 Å². The highest BCUT2D eigenvalue weighted by Crippen LogP contribution is 2.20. The number of hydrogen-bond donors (Lipinski definition) is 1. The maximum absolute atomic E-state index is 12.5. The van der Waals surface area contributed by atoms with Crippen LogP contribution in [-0.4, -0.2) is 65.0 Å². The molecule has 148 valence electrons. The average Bonchev–Trinajstić information content (AvgIpc) is 2.90. The molecule has 1 fully saturated rings. The van der Waals surface area contributed by atoms with Crippen LogP contribution in [0, 0.1) is 0 Å².